The van der Waals surface area contributed by atoms with Crippen LogP contribution in [0.3, 0.4) is 0 Å². The van der Waals surface area contributed by atoms with E-state index in [-0.39, 0.29) is 6.61 Å². The number of aromatic nitrogens is 1. The minimum absolute atomic E-state index is 0.147. The van der Waals surface area contributed by atoms with Crippen molar-refractivity contribution in [1.29, 1.82) is 0 Å². The van der Waals surface area contributed by atoms with Crippen molar-refractivity contribution < 1.29 is 13.9 Å². The molecule has 0 fully saturated rings. The van der Waals surface area contributed by atoms with Crippen molar-refractivity contribution in [1.82, 2.24) is 4.98 Å². The molecule has 0 spiro atoms. The third-order valence-corrected chi connectivity index (χ3v) is 4.49. The minimum Gasteiger partial charge on any atom is -0.469 e. The molecule has 2 aromatic heterocycles. The molecule has 1 aromatic carbocycles. The summed E-state index contributed by atoms with van der Waals surface area (Å²) < 4.78 is 11.4. The molecule has 0 aliphatic heterocycles. The van der Waals surface area contributed by atoms with Gasteiger partial charge in [0.2, 0.25) is 0 Å². The molecular weight excluding hydrogens is 366 g/mol. The fourth-order valence-electron chi connectivity index (χ4n) is 1.94. The highest BCUT2D eigenvalue weighted by molar-refractivity contribution is 9.10. The fraction of sp³-hybridized carbons (Fsp3) is 0.125. The molecule has 0 aliphatic rings. The first-order valence-corrected chi connectivity index (χ1v) is 8.22. The molecule has 6 heteroatoms. The van der Waals surface area contributed by atoms with E-state index in [2.05, 4.69) is 20.9 Å². The van der Waals surface area contributed by atoms with Gasteiger partial charge in [-0.2, -0.15) is 0 Å². The monoisotopic (exact) mass is 377 g/mol. The predicted molar refractivity (Wildman–Crippen MR) is 87.8 cm³/mol. The minimum atomic E-state index is -0.400. The molecule has 0 unspecified atom stereocenters. The SMILES string of the molecule is Cc1occc1C(=O)OCc1csc(-c2cccc(Br)c2)n1. The molecule has 3 aromatic rings. The largest absolute Gasteiger partial charge is 0.469 e. The third kappa shape index (κ3) is 3.28. The average molecular weight is 378 g/mol. The smallest absolute Gasteiger partial charge is 0.342 e. The zero-order chi connectivity index (χ0) is 15.5. The van der Waals surface area contributed by atoms with Crippen LogP contribution < -0.4 is 0 Å². The number of hydrogen-bond acceptors (Lipinski definition) is 5. The summed E-state index contributed by atoms with van der Waals surface area (Å²) in [6.07, 6.45) is 1.47. The Kier molecular flexibility index (Phi) is 4.40. The second kappa shape index (κ2) is 6.46. The van der Waals surface area contributed by atoms with Crippen molar-refractivity contribution in [2.75, 3.05) is 0 Å². The maximum atomic E-state index is 11.9. The average Bonchev–Trinajstić information content (AvgIpc) is 3.14. The highest BCUT2D eigenvalue weighted by atomic mass is 79.9. The molecule has 2 heterocycles. The molecule has 3 rings (SSSR count). The van der Waals surface area contributed by atoms with Crippen molar-refractivity contribution in [2.24, 2.45) is 0 Å². The van der Waals surface area contributed by atoms with E-state index < -0.39 is 5.97 Å². The number of hydrogen-bond donors (Lipinski definition) is 0. The van der Waals surface area contributed by atoms with Crippen molar-refractivity contribution in [3.63, 3.8) is 0 Å². The molecule has 0 atom stereocenters. The van der Waals surface area contributed by atoms with E-state index in [1.807, 2.05) is 29.6 Å². The number of aryl methyl sites for hydroxylation is 1. The lowest BCUT2D eigenvalue weighted by Crippen LogP contribution is -2.05. The van der Waals surface area contributed by atoms with Gasteiger partial charge in [-0.25, -0.2) is 9.78 Å². The Bertz CT molecular complexity index is 809. The van der Waals surface area contributed by atoms with Gasteiger partial charge >= 0.3 is 5.97 Å². The molecule has 0 bridgehead atoms. The van der Waals surface area contributed by atoms with Crippen LogP contribution >= 0.6 is 27.3 Å². The van der Waals surface area contributed by atoms with Crippen LogP contribution in [0.25, 0.3) is 10.6 Å². The van der Waals surface area contributed by atoms with Crippen LogP contribution in [0.1, 0.15) is 21.8 Å². The summed E-state index contributed by atoms with van der Waals surface area (Å²) in [5, 5.41) is 2.79. The van der Waals surface area contributed by atoms with Crippen molar-refractivity contribution in [3.05, 3.63) is 63.5 Å². The fourth-order valence-corrected chi connectivity index (χ4v) is 3.14. The van der Waals surface area contributed by atoms with Gasteiger partial charge in [0.25, 0.3) is 0 Å². The Morgan fingerprint density at radius 3 is 3.00 bits per heavy atom. The van der Waals surface area contributed by atoms with Gasteiger partial charge in [-0.3, -0.25) is 0 Å². The number of ether oxygens (including phenoxy) is 1. The molecule has 0 radical (unpaired) electrons. The van der Waals surface area contributed by atoms with Crippen molar-refractivity contribution >= 4 is 33.2 Å². The van der Waals surface area contributed by atoms with Gasteiger partial charge in [-0.05, 0) is 25.1 Å². The van der Waals surface area contributed by atoms with Crippen molar-refractivity contribution in [3.8, 4) is 10.6 Å². The van der Waals surface area contributed by atoms with Crippen LogP contribution in [0.4, 0.5) is 0 Å². The summed E-state index contributed by atoms with van der Waals surface area (Å²) in [6, 6.07) is 9.53. The number of halogens is 1. The Hall–Kier alpha value is -1.92. The van der Waals surface area contributed by atoms with E-state index in [1.54, 1.807) is 13.0 Å². The lowest BCUT2D eigenvalue weighted by atomic mass is 10.2. The summed E-state index contributed by atoms with van der Waals surface area (Å²) in [5.41, 5.74) is 2.21. The number of esters is 1. The predicted octanol–water partition coefficient (Wildman–Crippen LogP) is 4.83. The maximum absolute atomic E-state index is 11.9. The van der Waals surface area contributed by atoms with E-state index in [1.165, 1.54) is 17.6 Å². The van der Waals surface area contributed by atoms with E-state index in [0.29, 0.717) is 11.3 Å². The van der Waals surface area contributed by atoms with E-state index >= 15 is 0 Å². The third-order valence-electron chi connectivity index (χ3n) is 3.05. The molecule has 0 saturated carbocycles. The summed E-state index contributed by atoms with van der Waals surface area (Å²) >= 11 is 4.97. The quantitative estimate of drug-likeness (QED) is 0.610. The first-order chi connectivity index (χ1) is 10.6. The first-order valence-electron chi connectivity index (χ1n) is 6.55. The zero-order valence-corrected chi connectivity index (χ0v) is 14.1. The Labute approximate surface area is 139 Å². The van der Waals surface area contributed by atoms with Gasteiger partial charge in [0.05, 0.1) is 12.0 Å². The summed E-state index contributed by atoms with van der Waals surface area (Å²) in [7, 11) is 0. The zero-order valence-electron chi connectivity index (χ0n) is 11.7. The molecule has 0 aliphatic carbocycles. The second-order valence-corrected chi connectivity index (χ2v) is 6.39. The van der Waals surface area contributed by atoms with Gasteiger partial charge in [-0.15, -0.1) is 11.3 Å². The molecule has 0 amide bonds. The van der Waals surface area contributed by atoms with Crippen LogP contribution in [0.2, 0.25) is 0 Å². The molecule has 4 nitrogen and oxygen atoms in total. The Balaban J connectivity index is 1.67. The topological polar surface area (TPSA) is 52.3 Å². The molecule has 112 valence electrons. The van der Waals surface area contributed by atoms with Gasteiger partial charge in [0.15, 0.2) is 0 Å². The lowest BCUT2D eigenvalue weighted by molar-refractivity contribution is 0.0466. The Morgan fingerprint density at radius 2 is 2.27 bits per heavy atom. The van der Waals surface area contributed by atoms with Gasteiger partial charge in [0, 0.05) is 15.4 Å². The van der Waals surface area contributed by atoms with E-state index in [9.17, 15) is 4.79 Å². The first kappa shape index (κ1) is 15.0. The highest BCUT2D eigenvalue weighted by Gasteiger charge is 2.14. The van der Waals surface area contributed by atoms with Gasteiger partial charge < -0.3 is 9.15 Å². The maximum Gasteiger partial charge on any atom is 0.342 e. The normalized spacial score (nSPS) is 10.6. The highest BCUT2D eigenvalue weighted by Crippen LogP contribution is 2.26. The number of benzene rings is 1. The number of carbonyl (C=O) groups excluding carboxylic acids is 1. The molecular formula is C16H12BrNO3S. The number of thiazole rings is 1. The van der Waals surface area contributed by atoms with Crippen LogP contribution in [0, 0.1) is 6.92 Å². The Morgan fingerprint density at radius 1 is 1.41 bits per heavy atom. The summed E-state index contributed by atoms with van der Waals surface area (Å²) in [6.45, 7) is 1.87. The van der Waals surface area contributed by atoms with E-state index in [0.717, 1.165) is 20.7 Å². The standard InChI is InChI=1S/C16H12BrNO3S/c1-10-14(5-6-20-10)16(19)21-8-13-9-22-15(18-13)11-3-2-4-12(17)7-11/h2-7,9H,8H2,1H3. The summed E-state index contributed by atoms with van der Waals surface area (Å²) in [4.78, 5) is 16.4. The van der Waals surface area contributed by atoms with Gasteiger partial charge in [-0.1, -0.05) is 28.1 Å². The van der Waals surface area contributed by atoms with Crippen LogP contribution in [0.5, 0.6) is 0 Å². The van der Waals surface area contributed by atoms with Crippen LogP contribution in [-0.2, 0) is 11.3 Å². The number of rotatable bonds is 4. The lowest BCUT2D eigenvalue weighted by Gasteiger charge is -2.01. The van der Waals surface area contributed by atoms with Gasteiger partial charge in [0.1, 0.15) is 22.9 Å². The van der Waals surface area contributed by atoms with Crippen LogP contribution in [0.15, 0.2) is 50.9 Å². The number of nitrogens with zero attached hydrogens (tertiary/aromatic N) is 1. The molecule has 0 N–H and O–H groups in total. The summed E-state index contributed by atoms with van der Waals surface area (Å²) in [5.74, 6) is 0.154. The van der Waals surface area contributed by atoms with Crippen molar-refractivity contribution in [2.45, 2.75) is 13.5 Å². The molecule has 22 heavy (non-hydrogen) atoms. The second-order valence-electron chi connectivity index (χ2n) is 4.62. The number of carbonyl (C=O) groups is 1. The van der Waals surface area contributed by atoms with E-state index in [4.69, 9.17) is 9.15 Å². The van der Waals surface area contributed by atoms with Crippen LogP contribution in [-0.4, -0.2) is 11.0 Å². The number of furan rings is 1. The molecule has 0 saturated heterocycles.